The standard InChI is InChI=1S/2C21H48P2/c2*1-7-14-22(15-8-2,16-9-3)20-13-21-23(17-10-4,18-11-5)19-12-6/h2*7-21H2,1-6H3/q2*+2. The van der Waals surface area contributed by atoms with Crippen molar-refractivity contribution in [1.82, 2.24) is 0 Å². The maximum absolute atomic E-state index is 2.42. The Morgan fingerprint density at radius 3 is 0.370 bits per heavy atom. The van der Waals surface area contributed by atoms with Crippen molar-refractivity contribution in [2.24, 2.45) is 0 Å². The average Bonchev–Trinajstić information content (AvgIpc) is 2.99. The van der Waals surface area contributed by atoms with Crippen molar-refractivity contribution in [3.05, 3.63) is 0 Å². The lowest BCUT2D eigenvalue weighted by atomic mass is 10.5. The summed E-state index contributed by atoms with van der Waals surface area (Å²) in [6.07, 6.45) is 45.7. The molecule has 0 spiro atoms. The first-order valence-corrected chi connectivity index (χ1v) is 31.7. The third-order valence-electron chi connectivity index (χ3n) is 10.9. The lowest BCUT2D eigenvalue weighted by Crippen LogP contribution is -2.16. The van der Waals surface area contributed by atoms with Gasteiger partial charge < -0.3 is 0 Å². The molecule has 4 heteroatoms. The molecule has 0 bridgehead atoms. The Labute approximate surface area is 299 Å². The van der Waals surface area contributed by atoms with Gasteiger partial charge in [-0.15, -0.1) is 0 Å². The monoisotopic (exact) mass is 725 g/mol. The van der Waals surface area contributed by atoms with Crippen LogP contribution in [0.3, 0.4) is 0 Å². The van der Waals surface area contributed by atoms with E-state index >= 15 is 0 Å². The van der Waals surface area contributed by atoms with E-state index < -0.39 is 29.0 Å². The third kappa shape index (κ3) is 21.2. The van der Waals surface area contributed by atoms with Crippen LogP contribution in [0.5, 0.6) is 0 Å². The Morgan fingerprint density at radius 2 is 0.283 bits per heavy atom. The quantitative estimate of drug-likeness (QED) is 0.0606. The molecule has 0 radical (unpaired) electrons. The molecule has 0 heterocycles. The van der Waals surface area contributed by atoms with Crippen molar-refractivity contribution >= 4 is 29.0 Å². The van der Waals surface area contributed by atoms with Crippen molar-refractivity contribution in [1.29, 1.82) is 0 Å². The van der Waals surface area contributed by atoms with E-state index in [2.05, 4.69) is 83.1 Å². The maximum Gasteiger partial charge on any atom is 0.0628 e. The molecule has 280 valence electrons. The molecule has 0 rings (SSSR count). The normalized spacial score (nSPS) is 12.8. The molecule has 0 atom stereocenters. The highest BCUT2D eigenvalue weighted by atomic mass is 31.2. The summed E-state index contributed by atoms with van der Waals surface area (Å²) in [4.78, 5) is 0. The van der Waals surface area contributed by atoms with Crippen LogP contribution in [0.1, 0.15) is 173 Å². The van der Waals surface area contributed by atoms with Crippen molar-refractivity contribution in [2.75, 3.05) is 98.6 Å². The van der Waals surface area contributed by atoms with E-state index in [1.54, 1.807) is 111 Å². The van der Waals surface area contributed by atoms with Crippen LogP contribution in [-0.4, -0.2) is 98.6 Å². The van der Waals surface area contributed by atoms with E-state index in [1.807, 2.05) is 0 Å². The molecule has 0 N–H and O–H groups in total. The number of hydrogen-bond acceptors (Lipinski definition) is 0. The van der Waals surface area contributed by atoms with Gasteiger partial charge in [0.05, 0.1) is 98.6 Å². The Morgan fingerprint density at radius 1 is 0.174 bits per heavy atom. The van der Waals surface area contributed by atoms with Gasteiger partial charge in [-0.3, -0.25) is 0 Å². The van der Waals surface area contributed by atoms with Gasteiger partial charge in [-0.05, 0) is 77.0 Å². The fourth-order valence-electron chi connectivity index (χ4n) is 9.86. The molecular formula is C42H96P4+4. The molecule has 0 aromatic heterocycles. The highest BCUT2D eigenvalue weighted by molar-refractivity contribution is 7.77. The average molecular weight is 725 g/mol. The van der Waals surface area contributed by atoms with Gasteiger partial charge in [-0.2, -0.15) is 0 Å². The molecule has 0 aliphatic rings. The van der Waals surface area contributed by atoms with Crippen LogP contribution < -0.4 is 0 Å². The van der Waals surface area contributed by atoms with E-state index in [4.69, 9.17) is 0 Å². The zero-order valence-electron chi connectivity index (χ0n) is 35.0. The largest absolute Gasteiger partial charge is 0.0628 e. The lowest BCUT2D eigenvalue weighted by molar-refractivity contribution is 0.941. The van der Waals surface area contributed by atoms with E-state index in [1.165, 1.54) is 77.0 Å². The number of hydrogen-bond donors (Lipinski definition) is 0. The predicted molar refractivity (Wildman–Crippen MR) is 238 cm³/mol. The highest BCUT2D eigenvalue weighted by Crippen LogP contribution is 2.66. The minimum atomic E-state index is -0.621. The van der Waals surface area contributed by atoms with Crippen LogP contribution in [0.4, 0.5) is 0 Å². The zero-order chi connectivity index (χ0) is 35.2. The van der Waals surface area contributed by atoms with Gasteiger partial charge in [0.1, 0.15) is 0 Å². The Bertz CT molecular complexity index is 459. The van der Waals surface area contributed by atoms with Crippen LogP contribution in [-0.2, 0) is 0 Å². The Hall–Kier alpha value is 1.72. The topological polar surface area (TPSA) is 0 Å². The SMILES string of the molecule is CCC[P+](CCC)(CCC)CCC[P+](CCC)(CCC)CCC.CCC[P+](CCC)(CCC)CCC[P+](CCC)(CCC)CCC. The van der Waals surface area contributed by atoms with Crippen molar-refractivity contribution in [2.45, 2.75) is 173 Å². The predicted octanol–water partition coefficient (Wildman–Crippen LogP) is 15.7. The molecule has 0 aromatic rings. The lowest BCUT2D eigenvalue weighted by Gasteiger charge is -2.30. The van der Waals surface area contributed by atoms with Crippen LogP contribution in [0.2, 0.25) is 0 Å². The van der Waals surface area contributed by atoms with Gasteiger partial charge in [0.15, 0.2) is 0 Å². The van der Waals surface area contributed by atoms with Crippen molar-refractivity contribution in [3.8, 4) is 0 Å². The summed E-state index contributed by atoms with van der Waals surface area (Å²) >= 11 is 0. The van der Waals surface area contributed by atoms with E-state index in [9.17, 15) is 0 Å². The van der Waals surface area contributed by atoms with Gasteiger partial charge in [0.2, 0.25) is 0 Å². The second-order valence-electron chi connectivity index (χ2n) is 15.7. The van der Waals surface area contributed by atoms with E-state index in [0.717, 1.165) is 0 Å². The van der Waals surface area contributed by atoms with Gasteiger partial charge in [0, 0.05) is 41.9 Å². The van der Waals surface area contributed by atoms with Crippen molar-refractivity contribution < 1.29 is 0 Å². The second kappa shape index (κ2) is 31.5. The van der Waals surface area contributed by atoms with Crippen LogP contribution in [0.15, 0.2) is 0 Å². The molecular weight excluding hydrogens is 628 g/mol. The number of rotatable bonds is 32. The summed E-state index contributed by atoms with van der Waals surface area (Å²) in [7, 11) is -2.49. The fraction of sp³-hybridized carbons (Fsp3) is 1.00. The van der Waals surface area contributed by atoms with Gasteiger partial charge in [0.25, 0.3) is 0 Å². The fourth-order valence-corrected chi connectivity index (χ4v) is 30.4. The molecule has 0 saturated heterocycles. The van der Waals surface area contributed by atoms with Gasteiger partial charge >= 0.3 is 0 Å². The molecule has 0 aliphatic carbocycles. The minimum Gasteiger partial charge on any atom is -0.0619 e. The Kier molecular flexibility index (Phi) is 34.1. The summed E-state index contributed by atoms with van der Waals surface area (Å²) in [5.74, 6) is 0. The smallest absolute Gasteiger partial charge is 0.0619 e. The molecule has 0 aromatic carbocycles. The zero-order valence-corrected chi connectivity index (χ0v) is 38.6. The van der Waals surface area contributed by atoms with Crippen LogP contribution in [0, 0.1) is 0 Å². The molecule has 0 unspecified atom stereocenters. The van der Waals surface area contributed by atoms with E-state index in [-0.39, 0.29) is 0 Å². The van der Waals surface area contributed by atoms with E-state index in [0.29, 0.717) is 0 Å². The minimum absolute atomic E-state index is 0.621. The summed E-state index contributed by atoms with van der Waals surface area (Å²) in [6.45, 7) is 29.0. The van der Waals surface area contributed by atoms with Crippen molar-refractivity contribution in [3.63, 3.8) is 0 Å². The summed E-state index contributed by atoms with van der Waals surface area (Å²) < 4.78 is 0. The van der Waals surface area contributed by atoms with Gasteiger partial charge in [-0.1, -0.05) is 83.1 Å². The molecule has 0 fully saturated rings. The van der Waals surface area contributed by atoms with Crippen LogP contribution in [0.25, 0.3) is 0 Å². The maximum atomic E-state index is 2.42. The summed E-state index contributed by atoms with van der Waals surface area (Å²) in [6, 6.07) is 0. The molecule has 0 amide bonds. The third-order valence-corrected chi connectivity index (χ3v) is 32.7. The molecule has 0 saturated carbocycles. The molecule has 46 heavy (non-hydrogen) atoms. The first-order valence-electron chi connectivity index (χ1n) is 21.5. The van der Waals surface area contributed by atoms with Gasteiger partial charge in [-0.25, -0.2) is 0 Å². The second-order valence-corrected chi connectivity index (χ2v) is 33.5. The summed E-state index contributed by atoms with van der Waals surface area (Å²) in [5.41, 5.74) is 0. The summed E-state index contributed by atoms with van der Waals surface area (Å²) in [5, 5.41) is 0. The molecule has 0 nitrogen and oxygen atoms in total. The Balaban J connectivity index is 0. The highest BCUT2D eigenvalue weighted by Gasteiger charge is 2.40. The molecule has 0 aliphatic heterocycles. The van der Waals surface area contributed by atoms with Crippen LogP contribution >= 0.6 is 29.0 Å². The first kappa shape index (κ1) is 49.8. The first-order chi connectivity index (χ1) is 22.1.